The number of halogens is 1. The van der Waals surface area contributed by atoms with E-state index in [1.165, 1.54) is 24.1 Å². The molecule has 176 valence electrons. The molecule has 0 aliphatic rings. The molecule has 0 bridgehead atoms. The number of amides is 1. The number of aromatic nitrogens is 3. The normalized spacial score (nSPS) is 12.5. The molecule has 4 aromatic rings. The van der Waals surface area contributed by atoms with E-state index in [2.05, 4.69) is 20.3 Å². The largest absolute Gasteiger partial charge is 0.501 e. The van der Waals surface area contributed by atoms with E-state index in [1.807, 2.05) is 31.2 Å². The number of nitrogens with one attached hydrogen (secondary N) is 1. The van der Waals surface area contributed by atoms with Crippen LogP contribution in [0.15, 0.2) is 70.3 Å². The highest BCUT2D eigenvalue weighted by atomic mass is 35.5. The number of para-hydroxylation sites is 1. The molecule has 0 saturated heterocycles. The minimum Gasteiger partial charge on any atom is -0.501 e. The minimum absolute atomic E-state index is 0.230. The summed E-state index contributed by atoms with van der Waals surface area (Å²) in [6.45, 7) is 9.48. The van der Waals surface area contributed by atoms with Crippen LogP contribution in [0.5, 0.6) is 5.75 Å². The predicted molar refractivity (Wildman–Crippen MR) is 130 cm³/mol. The standard InChI is InChI=1S/C25H20ClN5O4/c1-14(20(16-8-4-6-10-18(16)26)17-9-5-7-11-19(17)27-2)23-30-21(22(32)25(34)31(23)3)24(33)29-15-12-28-35-13-15/h4-14,20,32H,1,3H3,(H,29,33)/t14-,20-/m1/s1. The summed E-state index contributed by atoms with van der Waals surface area (Å²) in [7, 11) is 1.47. The molecule has 4 rings (SSSR count). The number of carbonyl (C=O) groups is 1. The van der Waals surface area contributed by atoms with Gasteiger partial charge in [0.2, 0.25) is 5.75 Å². The van der Waals surface area contributed by atoms with Gasteiger partial charge in [-0.1, -0.05) is 66.1 Å². The fourth-order valence-corrected chi connectivity index (χ4v) is 4.32. The van der Waals surface area contributed by atoms with Crippen molar-refractivity contribution in [2.24, 2.45) is 7.05 Å². The highest BCUT2D eigenvalue weighted by Gasteiger charge is 2.31. The Kier molecular flexibility index (Phi) is 6.66. The van der Waals surface area contributed by atoms with Crippen molar-refractivity contribution in [3.63, 3.8) is 0 Å². The van der Waals surface area contributed by atoms with Gasteiger partial charge in [-0.3, -0.25) is 14.2 Å². The summed E-state index contributed by atoms with van der Waals surface area (Å²) in [4.78, 5) is 33.8. The molecule has 35 heavy (non-hydrogen) atoms. The average molecular weight is 490 g/mol. The Labute approximate surface area is 205 Å². The molecule has 1 amide bonds. The molecule has 2 atom stereocenters. The van der Waals surface area contributed by atoms with Gasteiger partial charge < -0.3 is 14.9 Å². The van der Waals surface area contributed by atoms with Crippen molar-refractivity contribution in [2.75, 3.05) is 5.32 Å². The number of hydrogen-bond acceptors (Lipinski definition) is 6. The fraction of sp³-hybridized carbons (Fsp3) is 0.160. The SMILES string of the molecule is [C-]#[N+]c1ccccc1[C@@H](c1ccccc1Cl)[C@@H](C)c1nc(C(=O)Nc2cnoc2)c(O)c(=O)n1C. The van der Waals surface area contributed by atoms with Gasteiger partial charge in [0.25, 0.3) is 11.5 Å². The first kappa shape index (κ1) is 23.7. The van der Waals surface area contributed by atoms with Crippen molar-refractivity contribution in [2.45, 2.75) is 18.8 Å². The van der Waals surface area contributed by atoms with Crippen LogP contribution in [0.3, 0.4) is 0 Å². The molecule has 0 aliphatic carbocycles. The molecule has 2 heterocycles. The number of benzene rings is 2. The molecular weight excluding hydrogens is 470 g/mol. The van der Waals surface area contributed by atoms with Gasteiger partial charge in [0.05, 0.1) is 12.8 Å². The Morgan fingerprint density at radius 2 is 1.89 bits per heavy atom. The van der Waals surface area contributed by atoms with E-state index < -0.39 is 34.7 Å². The first-order chi connectivity index (χ1) is 16.8. The second-order valence-corrected chi connectivity index (χ2v) is 8.26. The van der Waals surface area contributed by atoms with Gasteiger partial charge >= 0.3 is 0 Å². The number of carbonyl (C=O) groups excluding carboxylic acids is 1. The molecule has 9 nitrogen and oxygen atoms in total. The first-order valence-electron chi connectivity index (χ1n) is 10.5. The quantitative estimate of drug-likeness (QED) is 0.373. The Morgan fingerprint density at radius 3 is 2.54 bits per heavy atom. The van der Waals surface area contributed by atoms with Crippen LogP contribution in [0, 0.1) is 6.57 Å². The van der Waals surface area contributed by atoms with Crippen LogP contribution in [0.25, 0.3) is 4.85 Å². The van der Waals surface area contributed by atoms with E-state index in [4.69, 9.17) is 22.7 Å². The van der Waals surface area contributed by atoms with Gasteiger partial charge in [0.1, 0.15) is 17.8 Å². The van der Waals surface area contributed by atoms with E-state index >= 15 is 0 Å². The van der Waals surface area contributed by atoms with Crippen molar-refractivity contribution in [1.82, 2.24) is 14.7 Å². The predicted octanol–water partition coefficient (Wildman–Crippen LogP) is 4.87. The third kappa shape index (κ3) is 4.52. The molecule has 0 saturated carbocycles. The second-order valence-electron chi connectivity index (χ2n) is 7.86. The van der Waals surface area contributed by atoms with Gasteiger partial charge in [-0.05, 0) is 17.2 Å². The van der Waals surface area contributed by atoms with Gasteiger partial charge in [-0.15, -0.1) is 0 Å². The number of hydrogen-bond donors (Lipinski definition) is 2. The lowest BCUT2D eigenvalue weighted by molar-refractivity contribution is 0.101. The van der Waals surface area contributed by atoms with E-state index in [-0.39, 0.29) is 11.5 Å². The van der Waals surface area contributed by atoms with Crippen molar-refractivity contribution < 1.29 is 14.4 Å². The molecule has 0 radical (unpaired) electrons. The Balaban J connectivity index is 1.89. The van der Waals surface area contributed by atoms with E-state index in [9.17, 15) is 14.7 Å². The maximum Gasteiger partial charge on any atom is 0.296 e. The summed E-state index contributed by atoms with van der Waals surface area (Å²) in [6.07, 6.45) is 2.47. The topological polar surface area (TPSA) is 115 Å². The number of nitrogens with zero attached hydrogens (tertiary/aromatic N) is 4. The third-order valence-electron chi connectivity index (χ3n) is 5.75. The summed E-state index contributed by atoms with van der Waals surface area (Å²) in [5.74, 6) is -2.36. The summed E-state index contributed by atoms with van der Waals surface area (Å²) in [6, 6.07) is 14.4. The minimum atomic E-state index is -0.798. The molecule has 2 aromatic heterocycles. The van der Waals surface area contributed by atoms with Crippen LogP contribution in [-0.2, 0) is 7.05 Å². The van der Waals surface area contributed by atoms with Crippen molar-refractivity contribution >= 4 is 28.9 Å². The number of aromatic hydroxyl groups is 1. The van der Waals surface area contributed by atoms with Gasteiger partial charge in [0.15, 0.2) is 11.4 Å². The zero-order chi connectivity index (χ0) is 25.1. The Hall–Kier alpha value is -4.42. The summed E-state index contributed by atoms with van der Waals surface area (Å²) >= 11 is 6.57. The van der Waals surface area contributed by atoms with E-state index in [1.54, 1.807) is 24.3 Å². The highest BCUT2D eigenvalue weighted by Crippen LogP contribution is 2.43. The van der Waals surface area contributed by atoms with Gasteiger partial charge in [-0.2, -0.15) is 0 Å². The molecular formula is C25H20ClN5O4. The molecule has 10 heteroatoms. The summed E-state index contributed by atoms with van der Waals surface area (Å²) < 4.78 is 5.89. The Bertz CT molecular complexity index is 1490. The summed E-state index contributed by atoms with van der Waals surface area (Å²) in [5, 5.41) is 16.9. The van der Waals surface area contributed by atoms with Crippen LogP contribution >= 0.6 is 11.6 Å². The van der Waals surface area contributed by atoms with Crippen molar-refractivity contribution in [3.05, 3.63) is 110 Å². The van der Waals surface area contributed by atoms with Crippen LogP contribution in [-0.4, -0.2) is 25.7 Å². The fourth-order valence-electron chi connectivity index (χ4n) is 4.06. The summed E-state index contributed by atoms with van der Waals surface area (Å²) in [5.41, 5.74) is 0.877. The zero-order valence-electron chi connectivity index (χ0n) is 18.8. The maximum absolute atomic E-state index is 12.9. The number of anilines is 1. The van der Waals surface area contributed by atoms with Crippen LogP contribution in [0.4, 0.5) is 11.4 Å². The van der Waals surface area contributed by atoms with E-state index in [0.29, 0.717) is 16.3 Å². The van der Waals surface area contributed by atoms with E-state index in [0.717, 1.165) is 5.56 Å². The van der Waals surface area contributed by atoms with Gasteiger partial charge in [-0.25, -0.2) is 9.83 Å². The highest BCUT2D eigenvalue weighted by molar-refractivity contribution is 6.31. The smallest absolute Gasteiger partial charge is 0.296 e. The monoisotopic (exact) mass is 489 g/mol. The number of rotatable bonds is 6. The first-order valence-corrected chi connectivity index (χ1v) is 10.9. The average Bonchev–Trinajstić information content (AvgIpc) is 3.37. The Morgan fingerprint density at radius 1 is 1.20 bits per heavy atom. The third-order valence-corrected chi connectivity index (χ3v) is 6.09. The molecule has 2 N–H and O–H groups in total. The molecule has 0 aliphatic heterocycles. The molecule has 0 spiro atoms. The zero-order valence-corrected chi connectivity index (χ0v) is 19.5. The lowest BCUT2D eigenvalue weighted by Crippen LogP contribution is -2.29. The maximum atomic E-state index is 12.9. The van der Waals surface area contributed by atoms with Crippen LogP contribution < -0.4 is 10.9 Å². The van der Waals surface area contributed by atoms with Gasteiger partial charge in [0, 0.05) is 23.9 Å². The lowest BCUT2D eigenvalue weighted by Gasteiger charge is -2.28. The lowest BCUT2D eigenvalue weighted by atomic mass is 9.80. The molecule has 0 unspecified atom stereocenters. The van der Waals surface area contributed by atoms with Crippen molar-refractivity contribution in [1.29, 1.82) is 0 Å². The van der Waals surface area contributed by atoms with Crippen LogP contribution in [0.2, 0.25) is 5.02 Å². The molecule has 0 fully saturated rings. The van der Waals surface area contributed by atoms with Crippen LogP contribution in [0.1, 0.15) is 46.2 Å². The second kappa shape index (κ2) is 9.83. The van der Waals surface area contributed by atoms with Crippen molar-refractivity contribution in [3.8, 4) is 5.75 Å². The molecule has 2 aromatic carbocycles.